The third-order valence-corrected chi connectivity index (χ3v) is 4.20. The second-order valence-corrected chi connectivity index (χ2v) is 6.39. The van der Waals surface area contributed by atoms with Gasteiger partial charge in [0, 0.05) is 18.5 Å². The van der Waals surface area contributed by atoms with E-state index in [9.17, 15) is 19.6 Å². The summed E-state index contributed by atoms with van der Waals surface area (Å²) in [6.45, 7) is 3.46. The van der Waals surface area contributed by atoms with Crippen LogP contribution in [-0.2, 0) is 4.79 Å². The zero-order chi connectivity index (χ0) is 20.5. The van der Waals surface area contributed by atoms with Crippen LogP contribution in [-0.4, -0.2) is 24.1 Å². The van der Waals surface area contributed by atoms with Crippen molar-refractivity contribution in [3.05, 3.63) is 52.8 Å². The van der Waals surface area contributed by atoms with Gasteiger partial charge in [0.25, 0.3) is 5.91 Å². The molecule has 0 radical (unpaired) electrons. The van der Waals surface area contributed by atoms with Crippen LogP contribution in [0.3, 0.4) is 0 Å². The molecule has 1 aromatic heterocycles. The minimum Gasteiger partial charge on any atom is -0.443 e. The van der Waals surface area contributed by atoms with E-state index in [2.05, 4.69) is 10.6 Å². The van der Waals surface area contributed by atoms with E-state index in [0.717, 1.165) is 12.8 Å². The summed E-state index contributed by atoms with van der Waals surface area (Å²) >= 11 is 0. The summed E-state index contributed by atoms with van der Waals surface area (Å²) in [5, 5.41) is 14.6. The van der Waals surface area contributed by atoms with Gasteiger partial charge in [-0.05, 0) is 38.8 Å². The molecule has 0 aliphatic carbocycles. The largest absolute Gasteiger partial charge is 0.443 e. The first kappa shape index (κ1) is 20.9. The average Bonchev–Trinajstić information content (AvgIpc) is 2.99. The van der Waals surface area contributed by atoms with Crippen molar-refractivity contribution in [1.82, 2.24) is 5.32 Å². The molecular formula is C21H23N3O4. The molecule has 0 spiro atoms. The number of Topliss-reactive ketones (excluding diaryl/α,β-unsaturated/α-hetero) is 1. The van der Waals surface area contributed by atoms with Gasteiger partial charge in [0.15, 0.2) is 5.78 Å². The molecule has 2 rings (SSSR count). The number of carbonyl (C=O) groups excluding carboxylic acids is 3. The molecule has 0 bridgehead atoms. The minimum atomic E-state index is -0.284. The van der Waals surface area contributed by atoms with E-state index in [1.54, 1.807) is 19.1 Å². The highest BCUT2D eigenvalue weighted by molar-refractivity contribution is 6.01. The number of hydrogen-bond acceptors (Lipinski definition) is 5. The molecule has 0 atom stereocenters. The van der Waals surface area contributed by atoms with E-state index >= 15 is 0 Å². The van der Waals surface area contributed by atoms with Crippen molar-refractivity contribution in [2.45, 2.75) is 39.5 Å². The van der Waals surface area contributed by atoms with Crippen molar-refractivity contribution < 1.29 is 18.8 Å². The van der Waals surface area contributed by atoms with Crippen LogP contribution >= 0.6 is 0 Å². The molecule has 7 nitrogen and oxygen atoms in total. The van der Waals surface area contributed by atoms with Gasteiger partial charge in [-0.2, -0.15) is 5.26 Å². The number of amides is 2. The molecule has 0 aliphatic heterocycles. The van der Waals surface area contributed by atoms with Gasteiger partial charge in [0.05, 0.1) is 5.56 Å². The first-order valence-electron chi connectivity index (χ1n) is 9.11. The zero-order valence-corrected chi connectivity index (χ0v) is 16.0. The van der Waals surface area contributed by atoms with Gasteiger partial charge in [-0.25, -0.2) is 0 Å². The normalized spacial score (nSPS) is 10.2. The number of nitriles is 1. The lowest BCUT2D eigenvalue weighted by molar-refractivity contribution is -0.116. The maximum Gasteiger partial charge on any atom is 0.251 e. The Morgan fingerprint density at radius 3 is 2.46 bits per heavy atom. The third kappa shape index (κ3) is 5.55. The number of anilines is 1. The van der Waals surface area contributed by atoms with Crippen LogP contribution in [0.25, 0.3) is 0 Å². The highest BCUT2D eigenvalue weighted by Crippen LogP contribution is 2.26. The van der Waals surface area contributed by atoms with Gasteiger partial charge in [-0.3, -0.25) is 19.7 Å². The van der Waals surface area contributed by atoms with Crippen LogP contribution in [0.2, 0.25) is 0 Å². The summed E-state index contributed by atoms with van der Waals surface area (Å²) in [5.74, 6) is -0.347. The Bertz CT molecular complexity index is 894. The predicted octanol–water partition coefficient (Wildman–Crippen LogP) is 3.59. The lowest BCUT2D eigenvalue weighted by atomic mass is 10.1. The van der Waals surface area contributed by atoms with Gasteiger partial charge < -0.3 is 9.73 Å². The number of unbranched alkanes of at least 4 members (excludes halogenated alkanes) is 2. The Kier molecular flexibility index (Phi) is 7.52. The molecule has 0 saturated heterocycles. The summed E-state index contributed by atoms with van der Waals surface area (Å²) < 4.78 is 5.36. The smallest absolute Gasteiger partial charge is 0.251 e. The molecular weight excluding hydrogens is 358 g/mol. The van der Waals surface area contributed by atoms with Crippen molar-refractivity contribution in [3.63, 3.8) is 0 Å². The predicted molar refractivity (Wildman–Crippen MR) is 104 cm³/mol. The molecule has 0 aliphatic rings. The van der Waals surface area contributed by atoms with Crippen LogP contribution in [0.5, 0.6) is 0 Å². The summed E-state index contributed by atoms with van der Waals surface area (Å²) in [4.78, 5) is 35.6. The molecule has 2 aromatic rings. The summed E-state index contributed by atoms with van der Waals surface area (Å²) in [6.07, 6.45) is 2.41. The van der Waals surface area contributed by atoms with Gasteiger partial charge in [-0.1, -0.05) is 24.6 Å². The lowest BCUT2D eigenvalue weighted by Gasteiger charge is -2.05. The van der Waals surface area contributed by atoms with Crippen LogP contribution < -0.4 is 10.6 Å². The fourth-order valence-corrected chi connectivity index (χ4v) is 2.83. The molecule has 146 valence electrons. The van der Waals surface area contributed by atoms with Crippen molar-refractivity contribution in [2.24, 2.45) is 0 Å². The van der Waals surface area contributed by atoms with Crippen LogP contribution in [0.4, 0.5) is 5.88 Å². The average molecular weight is 381 g/mol. The number of aryl methyl sites for hydroxylation is 1. The molecule has 0 unspecified atom stereocenters. The number of nitrogens with one attached hydrogen (secondary N) is 2. The second kappa shape index (κ2) is 10.1. The summed E-state index contributed by atoms with van der Waals surface area (Å²) in [7, 11) is 0. The number of nitrogens with zero attached hydrogens (tertiary/aromatic N) is 1. The quantitative estimate of drug-likeness (QED) is 0.509. The Morgan fingerprint density at radius 2 is 1.82 bits per heavy atom. The zero-order valence-electron chi connectivity index (χ0n) is 16.0. The molecule has 1 heterocycles. The molecule has 7 heteroatoms. The number of hydrogen-bond donors (Lipinski definition) is 2. The fourth-order valence-electron chi connectivity index (χ4n) is 2.83. The number of benzene rings is 1. The third-order valence-electron chi connectivity index (χ3n) is 4.20. The van der Waals surface area contributed by atoms with E-state index < -0.39 is 0 Å². The number of carbonyl (C=O) groups is 3. The van der Waals surface area contributed by atoms with Crippen molar-refractivity contribution in [3.8, 4) is 6.07 Å². The highest BCUT2D eigenvalue weighted by atomic mass is 16.4. The van der Waals surface area contributed by atoms with E-state index in [1.807, 2.05) is 24.3 Å². The topological polar surface area (TPSA) is 112 Å². The SMILES string of the molecule is CC(=O)c1c(C)oc(NC(=O)CCCCCNC(=O)c2ccccc2)c1C#N. The first-order chi connectivity index (χ1) is 13.4. The molecule has 0 saturated carbocycles. The van der Waals surface area contributed by atoms with Crippen LogP contribution in [0, 0.1) is 18.3 Å². The Labute approximate surface area is 163 Å². The fraction of sp³-hybridized carbons (Fsp3) is 0.333. The lowest BCUT2D eigenvalue weighted by Crippen LogP contribution is -2.24. The van der Waals surface area contributed by atoms with E-state index in [1.165, 1.54) is 6.92 Å². The standard InChI is InChI=1S/C21H23N3O4/c1-14(25)19-15(2)28-21(17(19)13-22)24-18(26)11-7-4-8-12-23-20(27)16-9-5-3-6-10-16/h3,5-6,9-10H,4,7-8,11-12H2,1-2H3,(H,23,27)(H,24,26). The summed E-state index contributed by atoms with van der Waals surface area (Å²) in [6, 6.07) is 10.9. The monoisotopic (exact) mass is 381 g/mol. The minimum absolute atomic E-state index is 0.0188. The Morgan fingerprint density at radius 1 is 1.11 bits per heavy atom. The first-order valence-corrected chi connectivity index (χ1v) is 9.11. The molecule has 28 heavy (non-hydrogen) atoms. The van der Waals surface area contributed by atoms with E-state index in [4.69, 9.17) is 4.42 Å². The molecule has 0 fully saturated rings. The molecule has 2 amide bonds. The van der Waals surface area contributed by atoms with Crippen LogP contribution in [0.15, 0.2) is 34.7 Å². The van der Waals surface area contributed by atoms with E-state index in [-0.39, 0.29) is 41.0 Å². The molecule has 1 aromatic carbocycles. The van der Waals surface area contributed by atoms with Gasteiger partial charge in [0.1, 0.15) is 17.4 Å². The maximum atomic E-state index is 12.1. The van der Waals surface area contributed by atoms with Crippen molar-refractivity contribution in [2.75, 3.05) is 11.9 Å². The Hall–Kier alpha value is -3.40. The number of furan rings is 1. The van der Waals surface area contributed by atoms with Gasteiger partial charge >= 0.3 is 0 Å². The van der Waals surface area contributed by atoms with E-state index in [0.29, 0.717) is 24.3 Å². The number of rotatable bonds is 9. The number of ketones is 1. The maximum absolute atomic E-state index is 12.1. The summed E-state index contributed by atoms with van der Waals surface area (Å²) in [5.41, 5.74) is 0.878. The second-order valence-electron chi connectivity index (χ2n) is 6.39. The molecule has 2 N–H and O–H groups in total. The Balaban J connectivity index is 1.71. The highest BCUT2D eigenvalue weighted by Gasteiger charge is 2.22. The van der Waals surface area contributed by atoms with Crippen molar-refractivity contribution in [1.29, 1.82) is 5.26 Å². The van der Waals surface area contributed by atoms with Crippen LogP contribution in [0.1, 0.15) is 64.6 Å². The van der Waals surface area contributed by atoms with Gasteiger partial charge in [0.2, 0.25) is 11.8 Å². The van der Waals surface area contributed by atoms with Crippen molar-refractivity contribution >= 4 is 23.5 Å². The van der Waals surface area contributed by atoms with Gasteiger partial charge in [-0.15, -0.1) is 0 Å².